The molecule has 1 aromatic carbocycles. The van der Waals surface area contributed by atoms with Crippen LogP contribution in [0.2, 0.25) is 0 Å². The topological polar surface area (TPSA) is 39.2 Å². The minimum atomic E-state index is -0.0418. The second-order valence-corrected chi connectivity index (χ2v) is 4.39. The van der Waals surface area contributed by atoms with Crippen molar-refractivity contribution in [1.82, 2.24) is 0 Å². The third-order valence-corrected chi connectivity index (χ3v) is 2.67. The van der Waals surface area contributed by atoms with Crippen molar-refractivity contribution in [3.8, 4) is 0 Å². The van der Waals surface area contributed by atoms with Crippen molar-refractivity contribution in [3.05, 3.63) is 35.6 Å². The van der Waals surface area contributed by atoms with Gasteiger partial charge in [-0.05, 0) is 36.6 Å². The number of benzene rings is 1. The number of hydrogen-bond donors (Lipinski definition) is 1. The van der Waals surface area contributed by atoms with Crippen LogP contribution in [0.1, 0.15) is 44.1 Å². The molecule has 1 atom stereocenters. The summed E-state index contributed by atoms with van der Waals surface area (Å²) in [7, 11) is 0. The van der Waals surface area contributed by atoms with Crippen molar-refractivity contribution >= 4 is 11.0 Å². The van der Waals surface area contributed by atoms with Crippen molar-refractivity contribution in [1.29, 1.82) is 0 Å². The molecule has 2 nitrogen and oxygen atoms in total. The van der Waals surface area contributed by atoms with E-state index in [1.165, 1.54) is 5.56 Å². The highest BCUT2D eigenvalue weighted by Gasteiger charge is 2.08. The highest BCUT2D eigenvalue weighted by molar-refractivity contribution is 5.79. The van der Waals surface area contributed by atoms with E-state index in [1.54, 1.807) is 0 Å². The number of fused-ring (bicyclic) bond motifs is 1. The fourth-order valence-electron chi connectivity index (χ4n) is 1.67. The van der Waals surface area contributed by atoms with Gasteiger partial charge in [0.15, 0.2) is 0 Å². The maximum Gasteiger partial charge on any atom is 0.134 e. The molecule has 0 spiro atoms. The van der Waals surface area contributed by atoms with Crippen molar-refractivity contribution in [2.24, 2.45) is 5.73 Å². The van der Waals surface area contributed by atoms with E-state index in [4.69, 9.17) is 10.2 Å². The number of furan rings is 1. The summed E-state index contributed by atoms with van der Waals surface area (Å²) in [6, 6.07) is 8.30. The van der Waals surface area contributed by atoms with Crippen LogP contribution in [0, 0.1) is 0 Å². The monoisotopic (exact) mass is 203 g/mol. The first-order valence-corrected chi connectivity index (χ1v) is 5.37. The summed E-state index contributed by atoms with van der Waals surface area (Å²) in [6.07, 6.45) is 0. The van der Waals surface area contributed by atoms with Crippen LogP contribution in [0.15, 0.2) is 28.7 Å². The maximum absolute atomic E-state index is 5.78. The lowest BCUT2D eigenvalue weighted by Gasteiger charge is -2.03. The van der Waals surface area contributed by atoms with Crippen molar-refractivity contribution in [2.75, 3.05) is 0 Å². The molecule has 2 rings (SSSR count). The summed E-state index contributed by atoms with van der Waals surface area (Å²) >= 11 is 0. The van der Waals surface area contributed by atoms with Crippen LogP contribution < -0.4 is 5.73 Å². The molecule has 2 aromatic rings. The molecule has 80 valence electrons. The van der Waals surface area contributed by atoms with E-state index >= 15 is 0 Å². The zero-order valence-electron chi connectivity index (χ0n) is 9.45. The average Bonchev–Trinajstić information content (AvgIpc) is 2.59. The van der Waals surface area contributed by atoms with E-state index in [9.17, 15) is 0 Å². The van der Waals surface area contributed by atoms with Gasteiger partial charge in [0.1, 0.15) is 11.3 Å². The standard InChI is InChI=1S/C13H17NO/c1-8(2)10-4-5-12-11(6-10)7-13(15-12)9(3)14/h4-9H,14H2,1-3H3. The lowest BCUT2D eigenvalue weighted by molar-refractivity contribution is 0.513. The second-order valence-electron chi connectivity index (χ2n) is 4.39. The van der Waals surface area contributed by atoms with Gasteiger partial charge in [0.2, 0.25) is 0 Å². The summed E-state index contributed by atoms with van der Waals surface area (Å²) in [6.45, 7) is 6.31. The quantitative estimate of drug-likeness (QED) is 0.810. The minimum absolute atomic E-state index is 0.0418. The Morgan fingerprint density at radius 2 is 1.87 bits per heavy atom. The Balaban J connectivity index is 2.52. The molecule has 0 radical (unpaired) electrons. The van der Waals surface area contributed by atoms with Gasteiger partial charge >= 0.3 is 0 Å². The predicted molar refractivity (Wildman–Crippen MR) is 62.9 cm³/mol. The highest BCUT2D eigenvalue weighted by atomic mass is 16.3. The van der Waals surface area contributed by atoms with Crippen LogP contribution in [-0.2, 0) is 0 Å². The molecule has 0 aliphatic heterocycles. The van der Waals surface area contributed by atoms with Gasteiger partial charge in [-0.15, -0.1) is 0 Å². The van der Waals surface area contributed by atoms with Crippen molar-refractivity contribution in [3.63, 3.8) is 0 Å². The highest BCUT2D eigenvalue weighted by Crippen LogP contribution is 2.26. The van der Waals surface area contributed by atoms with Gasteiger partial charge in [-0.3, -0.25) is 0 Å². The molecule has 0 saturated heterocycles. The fourth-order valence-corrected chi connectivity index (χ4v) is 1.67. The van der Waals surface area contributed by atoms with Crippen LogP contribution in [0.3, 0.4) is 0 Å². The Hall–Kier alpha value is -1.28. The Labute approximate surface area is 90.1 Å². The third-order valence-electron chi connectivity index (χ3n) is 2.67. The lowest BCUT2D eigenvalue weighted by atomic mass is 10.0. The molecule has 0 aliphatic rings. The molecule has 2 N–H and O–H groups in total. The zero-order chi connectivity index (χ0) is 11.0. The van der Waals surface area contributed by atoms with Crippen LogP contribution in [0.25, 0.3) is 11.0 Å². The van der Waals surface area contributed by atoms with E-state index < -0.39 is 0 Å². The summed E-state index contributed by atoms with van der Waals surface area (Å²) in [5.41, 5.74) is 8.04. The van der Waals surface area contributed by atoms with Crippen molar-refractivity contribution < 1.29 is 4.42 Å². The lowest BCUT2D eigenvalue weighted by Crippen LogP contribution is -2.02. The van der Waals surface area contributed by atoms with Gasteiger partial charge < -0.3 is 10.2 Å². The second kappa shape index (κ2) is 3.70. The number of rotatable bonds is 2. The van der Waals surface area contributed by atoms with Crippen LogP contribution >= 0.6 is 0 Å². The average molecular weight is 203 g/mol. The maximum atomic E-state index is 5.78. The minimum Gasteiger partial charge on any atom is -0.459 e. The largest absolute Gasteiger partial charge is 0.459 e. The van der Waals surface area contributed by atoms with E-state index in [2.05, 4.69) is 26.0 Å². The van der Waals surface area contributed by atoms with Crippen molar-refractivity contribution in [2.45, 2.75) is 32.7 Å². The molecular weight excluding hydrogens is 186 g/mol. The first-order chi connectivity index (χ1) is 7.08. The molecule has 1 unspecified atom stereocenters. The smallest absolute Gasteiger partial charge is 0.134 e. The molecular formula is C13H17NO. The first-order valence-electron chi connectivity index (χ1n) is 5.37. The molecule has 15 heavy (non-hydrogen) atoms. The first kappa shape index (κ1) is 10.2. The summed E-state index contributed by atoms with van der Waals surface area (Å²) in [4.78, 5) is 0. The number of nitrogens with two attached hydrogens (primary N) is 1. The molecule has 0 amide bonds. The molecule has 1 aromatic heterocycles. The Bertz CT molecular complexity index is 462. The van der Waals surface area contributed by atoms with Crippen LogP contribution in [0.5, 0.6) is 0 Å². The van der Waals surface area contributed by atoms with Gasteiger partial charge in [-0.2, -0.15) is 0 Å². The summed E-state index contributed by atoms with van der Waals surface area (Å²) in [5.74, 6) is 1.40. The molecule has 0 bridgehead atoms. The molecule has 0 aliphatic carbocycles. The molecule has 1 heterocycles. The van der Waals surface area contributed by atoms with Gasteiger partial charge in [0, 0.05) is 5.39 Å². The third kappa shape index (κ3) is 1.90. The van der Waals surface area contributed by atoms with Crippen LogP contribution in [-0.4, -0.2) is 0 Å². The van der Waals surface area contributed by atoms with E-state index in [0.29, 0.717) is 5.92 Å². The Morgan fingerprint density at radius 3 is 2.47 bits per heavy atom. The van der Waals surface area contributed by atoms with E-state index in [-0.39, 0.29) is 6.04 Å². The van der Waals surface area contributed by atoms with Crippen LogP contribution in [0.4, 0.5) is 0 Å². The normalized spacial score (nSPS) is 13.7. The summed E-state index contributed by atoms with van der Waals surface area (Å²) < 4.78 is 5.64. The van der Waals surface area contributed by atoms with E-state index in [1.807, 2.05) is 19.1 Å². The predicted octanol–water partition coefficient (Wildman–Crippen LogP) is 3.58. The van der Waals surface area contributed by atoms with E-state index in [0.717, 1.165) is 16.7 Å². The van der Waals surface area contributed by atoms with Gasteiger partial charge in [0.25, 0.3) is 0 Å². The zero-order valence-corrected chi connectivity index (χ0v) is 9.45. The number of hydrogen-bond acceptors (Lipinski definition) is 2. The molecule has 0 fully saturated rings. The van der Waals surface area contributed by atoms with Gasteiger partial charge in [0.05, 0.1) is 6.04 Å². The van der Waals surface area contributed by atoms with Gasteiger partial charge in [-0.25, -0.2) is 0 Å². The van der Waals surface area contributed by atoms with Gasteiger partial charge in [-0.1, -0.05) is 19.9 Å². The fraction of sp³-hybridized carbons (Fsp3) is 0.385. The SMILES string of the molecule is CC(C)c1ccc2oc(C(C)N)cc2c1. The molecule has 2 heteroatoms. The Morgan fingerprint density at radius 1 is 1.13 bits per heavy atom. The molecule has 0 saturated carbocycles. The Kier molecular flexibility index (Phi) is 2.53. The summed E-state index contributed by atoms with van der Waals surface area (Å²) in [5, 5.41) is 1.15.